The number of ketones is 1. The van der Waals surface area contributed by atoms with Gasteiger partial charge in [-0.15, -0.1) is 0 Å². The second kappa shape index (κ2) is 8.76. The van der Waals surface area contributed by atoms with Crippen molar-refractivity contribution in [3.63, 3.8) is 0 Å². The number of carbonyl (C=O) groups excluding carboxylic acids is 1. The van der Waals surface area contributed by atoms with Gasteiger partial charge in [0.1, 0.15) is 5.75 Å². The van der Waals surface area contributed by atoms with Crippen molar-refractivity contribution >= 4 is 5.78 Å². The lowest BCUT2D eigenvalue weighted by atomic mass is 9.95. The number of hydrogen-bond acceptors (Lipinski definition) is 6. The van der Waals surface area contributed by atoms with Gasteiger partial charge in [-0.05, 0) is 52.3 Å². The normalized spacial score (nSPS) is 13.1. The van der Waals surface area contributed by atoms with Gasteiger partial charge in [-0.1, -0.05) is 0 Å². The third kappa shape index (κ3) is 4.03. The lowest BCUT2D eigenvalue weighted by molar-refractivity contribution is 0.101. The molecule has 0 spiro atoms. The van der Waals surface area contributed by atoms with Crippen LogP contribution >= 0.6 is 0 Å². The van der Waals surface area contributed by atoms with E-state index in [9.17, 15) is 9.59 Å². The molecule has 0 radical (unpaired) electrons. The Hall–Kier alpha value is -3.39. The van der Waals surface area contributed by atoms with Crippen LogP contribution in [0.4, 0.5) is 0 Å². The molecule has 0 saturated carbocycles. The van der Waals surface area contributed by atoms with Crippen LogP contribution in [0.2, 0.25) is 0 Å². The van der Waals surface area contributed by atoms with Gasteiger partial charge >= 0.3 is 0 Å². The van der Waals surface area contributed by atoms with Crippen LogP contribution in [0.25, 0.3) is 22.4 Å². The predicted molar refractivity (Wildman–Crippen MR) is 132 cm³/mol. The number of benzene rings is 1. The highest BCUT2D eigenvalue weighted by atomic mass is 16.5. The molecule has 1 aliphatic heterocycles. The van der Waals surface area contributed by atoms with Gasteiger partial charge in [-0.3, -0.25) is 18.9 Å². The van der Waals surface area contributed by atoms with Gasteiger partial charge < -0.3 is 14.5 Å². The van der Waals surface area contributed by atoms with E-state index in [1.807, 2.05) is 27.8 Å². The molecule has 3 aromatic rings. The number of Topliss-reactive ketones (excluding diaryl/α,β-unsaturated/α-hetero) is 1. The molecule has 34 heavy (non-hydrogen) atoms. The lowest BCUT2D eigenvalue weighted by Gasteiger charge is -2.38. The van der Waals surface area contributed by atoms with Gasteiger partial charge in [0.05, 0.1) is 43.3 Å². The van der Waals surface area contributed by atoms with E-state index >= 15 is 0 Å². The largest absolute Gasteiger partial charge is 0.496 e. The van der Waals surface area contributed by atoms with E-state index < -0.39 is 0 Å². The van der Waals surface area contributed by atoms with Gasteiger partial charge in [0.25, 0.3) is 0 Å². The first-order chi connectivity index (χ1) is 16.1. The Labute approximate surface area is 199 Å². The molecule has 4 rings (SSSR count). The molecule has 0 atom stereocenters. The summed E-state index contributed by atoms with van der Waals surface area (Å²) in [5, 5.41) is 6.72. The van der Waals surface area contributed by atoms with Crippen molar-refractivity contribution in [3.05, 3.63) is 58.1 Å². The van der Waals surface area contributed by atoms with E-state index in [2.05, 4.69) is 43.9 Å². The molecule has 0 unspecified atom stereocenters. The summed E-state index contributed by atoms with van der Waals surface area (Å²) in [4.78, 5) is 24.7. The standard InChI is InChI=1S/C26H32N4O4/c1-16(2)28-12-18-8-21(19-11-27-30(13-19)26(4,5)15-33-6)25(34-7)9-20(18)23-10-24(32)22(17(3)31)14-29(23)28/h8-11,13-14,16H,12,15H2,1-7H3. The van der Waals surface area contributed by atoms with Crippen LogP contribution in [-0.4, -0.2) is 47.1 Å². The van der Waals surface area contributed by atoms with Gasteiger partial charge in [-0.25, -0.2) is 0 Å². The summed E-state index contributed by atoms with van der Waals surface area (Å²) in [7, 11) is 3.32. The Kier molecular flexibility index (Phi) is 6.12. The second-order valence-corrected chi connectivity index (χ2v) is 9.66. The van der Waals surface area contributed by atoms with Crippen LogP contribution in [0, 0.1) is 0 Å². The minimum Gasteiger partial charge on any atom is -0.496 e. The zero-order chi connectivity index (χ0) is 24.8. The smallest absolute Gasteiger partial charge is 0.193 e. The molecule has 0 bridgehead atoms. The van der Waals surface area contributed by atoms with Gasteiger partial charge in [0, 0.05) is 48.3 Å². The van der Waals surface area contributed by atoms with Crippen molar-refractivity contribution < 1.29 is 14.3 Å². The van der Waals surface area contributed by atoms with E-state index in [1.165, 1.54) is 6.92 Å². The Balaban J connectivity index is 1.88. The fourth-order valence-electron chi connectivity index (χ4n) is 4.48. The minimum absolute atomic E-state index is 0.150. The van der Waals surface area contributed by atoms with Crippen molar-refractivity contribution in [3.8, 4) is 28.1 Å². The summed E-state index contributed by atoms with van der Waals surface area (Å²) in [6.07, 6.45) is 5.50. The Morgan fingerprint density at radius 3 is 2.50 bits per heavy atom. The minimum atomic E-state index is -0.294. The molecular weight excluding hydrogens is 432 g/mol. The highest BCUT2D eigenvalue weighted by Crippen LogP contribution is 2.39. The first-order valence-electron chi connectivity index (χ1n) is 11.4. The number of methoxy groups -OCH3 is 2. The summed E-state index contributed by atoms with van der Waals surface area (Å²) < 4.78 is 15.0. The van der Waals surface area contributed by atoms with Crippen molar-refractivity contribution in [1.29, 1.82) is 0 Å². The van der Waals surface area contributed by atoms with Crippen molar-refractivity contribution in [2.24, 2.45) is 0 Å². The molecule has 0 N–H and O–H groups in total. The molecular formula is C26H32N4O4. The Bertz CT molecular complexity index is 1300. The third-order valence-electron chi connectivity index (χ3n) is 6.33. The Morgan fingerprint density at radius 2 is 1.88 bits per heavy atom. The van der Waals surface area contributed by atoms with Crippen molar-refractivity contribution in [2.45, 2.75) is 52.7 Å². The maximum atomic E-state index is 12.7. The summed E-state index contributed by atoms with van der Waals surface area (Å²) in [5.74, 6) is 0.451. The van der Waals surface area contributed by atoms with E-state index in [0.29, 0.717) is 18.9 Å². The summed E-state index contributed by atoms with van der Waals surface area (Å²) in [5.41, 5.74) is 4.21. The van der Waals surface area contributed by atoms with Crippen molar-refractivity contribution in [1.82, 2.24) is 14.5 Å². The number of rotatable bonds is 7. The van der Waals surface area contributed by atoms with Crippen molar-refractivity contribution in [2.75, 3.05) is 25.8 Å². The SMILES string of the molecule is COCC(C)(C)n1cc(-c2cc3c(cc2OC)-c2cc(=O)c(C(C)=O)cn2N(C(C)C)C3)cn1. The first-order valence-corrected chi connectivity index (χ1v) is 11.4. The van der Waals surface area contributed by atoms with Gasteiger partial charge in [0.2, 0.25) is 0 Å². The molecule has 1 aromatic carbocycles. The molecule has 0 fully saturated rings. The van der Waals surface area contributed by atoms with Crippen LogP contribution < -0.4 is 15.2 Å². The molecule has 8 nitrogen and oxygen atoms in total. The highest BCUT2D eigenvalue weighted by Gasteiger charge is 2.28. The number of carbonyl (C=O) groups is 1. The molecule has 180 valence electrons. The first kappa shape index (κ1) is 23.8. The molecule has 0 amide bonds. The Morgan fingerprint density at radius 1 is 1.15 bits per heavy atom. The molecule has 0 aliphatic carbocycles. The van der Waals surface area contributed by atoms with Crippen LogP contribution in [0.15, 0.2) is 41.6 Å². The number of aromatic nitrogens is 3. The maximum Gasteiger partial charge on any atom is 0.193 e. The molecule has 0 saturated heterocycles. The van der Waals surface area contributed by atoms with E-state index in [0.717, 1.165) is 27.9 Å². The van der Waals surface area contributed by atoms with E-state index in [1.54, 1.807) is 26.5 Å². The fourth-order valence-corrected chi connectivity index (χ4v) is 4.48. The number of ether oxygens (including phenoxy) is 2. The number of hydrogen-bond donors (Lipinski definition) is 0. The second-order valence-electron chi connectivity index (χ2n) is 9.66. The number of pyridine rings is 1. The maximum absolute atomic E-state index is 12.7. The van der Waals surface area contributed by atoms with Gasteiger partial charge in [0.15, 0.2) is 11.2 Å². The monoisotopic (exact) mass is 464 g/mol. The predicted octanol–water partition coefficient (Wildman–Crippen LogP) is 3.83. The summed E-state index contributed by atoms with van der Waals surface area (Å²) in [6, 6.07) is 5.78. The molecule has 8 heteroatoms. The quantitative estimate of drug-likeness (QED) is 0.495. The molecule has 3 heterocycles. The average Bonchev–Trinajstić information content (AvgIpc) is 3.28. The van der Waals surface area contributed by atoms with Gasteiger partial charge in [-0.2, -0.15) is 5.10 Å². The fraction of sp³-hybridized carbons (Fsp3) is 0.423. The topological polar surface area (TPSA) is 78.6 Å². The van der Waals surface area contributed by atoms with Crippen LogP contribution in [0.5, 0.6) is 5.75 Å². The highest BCUT2D eigenvalue weighted by molar-refractivity contribution is 5.94. The summed E-state index contributed by atoms with van der Waals surface area (Å²) >= 11 is 0. The van der Waals surface area contributed by atoms with E-state index in [4.69, 9.17) is 9.47 Å². The van der Waals surface area contributed by atoms with Crippen LogP contribution in [0.3, 0.4) is 0 Å². The van der Waals surface area contributed by atoms with Crippen LogP contribution in [0.1, 0.15) is 50.5 Å². The number of nitrogens with zero attached hydrogens (tertiary/aromatic N) is 4. The van der Waals surface area contributed by atoms with E-state index in [-0.39, 0.29) is 28.4 Å². The zero-order valence-electron chi connectivity index (χ0n) is 20.9. The third-order valence-corrected chi connectivity index (χ3v) is 6.33. The molecule has 2 aromatic heterocycles. The van der Waals surface area contributed by atoms with Crippen LogP contribution in [-0.2, 0) is 16.8 Å². The average molecular weight is 465 g/mol. The zero-order valence-corrected chi connectivity index (χ0v) is 20.9. The number of fused-ring (bicyclic) bond motifs is 3. The summed E-state index contributed by atoms with van der Waals surface area (Å²) in [6.45, 7) is 10.9. The molecule has 1 aliphatic rings. The lowest BCUT2D eigenvalue weighted by Crippen LogP contribution is -2.44.